The Morgan fingerprint density at radius 1 is 1.50 bits per heavy atom. The van der Waals surface area contributed by atoms with Crippen molar-refractivity contribution in [2.24, 2.45) is 0 Å². The number of aromatic nitrogens is 2. The normalized spacial score (nSPS) is 19.0. The number of morpholine rings is 1. The molecule has 0 saturated carbocycles. The van der Waals surface area contributed by atoms with Crippen molar-refractivity contribution in [1.29, 1.82) is 5.26 Å². The van der Waals surface area contributed by atoms with Gasteiger partial charge in [-0.2, -0.15) is 10.2 Å². The van der Waals surface area contributed by atoms with Gasteiger partial charge in [0.25, 0.3) is 0 Å². The van der Waals surface area contributed by atoms with E-state index in [-0.39, 0.29) is 11.6 Å². The third-order valence-corrected chi connectivity index (χ3v) is 3.60. The minimum absolute atomic E-state index is 0.0518. The van der Waals surface area contributed by atoms with Crippen LogP contribution in [0.15, 0.2) is 22.7 Å². The Labute approximate surface area is 127 Å². The maximum atomic E-state index is 13.4. The molecule has 1 aromatic heterocycles. The van der Waals surface area contributed by atoms with Gasteiger partial charge < -0.3 is 9.26 Å². The third-order valence-electron chi connectivity index (χ3n) is 3.60. The molecule has 6 nitrogen and oxygen atoms in total. The van der Waals surface area contributed by atoms with Crippen LogP contribution in [-0.4, -0.2) is 34.8 Å². The number of hydrogen-bond acceptors (Lipinski definition) is 6. The Morgan fingerprint density at radius 2 is 2.36 bits per heavy atom. The average molecular weight is 302 g/mol. The minimum atomic E-state index is -0.502. The minimum Gasteiger partial charge on any atom is -0.378 e. The smallest absolute Gasteiger partial charge is 0.246 e. The lowest BCUT2D eigenvalue weighted by Crippen LogP contribution is -2.39. The first-order valence-corrected chi connectivity index (χ1v) is 6.98. The first kappa shape index (κ1) is 14.6. The Hall–Kier alpha value is -2.30. The van der Waals surface area contributed by atoms with Gasteiger partial charge in [0.2, 0.25) is 5.89 Å². The highest BCUT2D eigenvalue weighted by Gasteiger charge is 2.29. The van der Waals surface area contributed by atoms with Gasteiger partial charge in [0.05, 0.1) is 18.8 Å². The highest BCUT2D eigenvalue weighted by molar-refractivity contribution is 5.34. The topological polar surface area (TPSA) is 75.2 Å². The summed E-state index contributed by atoms with van der Waals surface area (Å²) in [5.74, 6) is 0.589. The fraction of sp³-hybridized carbons (Fsp3) is 0.400. The van der Waals surface area contributed by atoms with Crippen LogP contribution in [0.1, 0.15) is 28.9 Å². The van der Waals surface area contributed by atoms with Gasteiger partial charge in [0, 0.05) is 13.1 Å². The molecule has 1 fully saturated rings. The van der Waals surface area contributed by atoms with E-state index < -0.39 is 5.82 Å². The molecular formula is C15H15FN4O2. The van der Waals surface area contributed by atoms with Crippen LogP contribution in [0.25, 0.3) is 0 Å². The van der Waals surface area contributed by atoms with Crippen molar-refractivity contribution >= 4 is 0 Å². The van der Waals surface area contributed by atoms with E-state index in [0.717, 1.165) is 5.56 Å². The first-order valence-electron chi connectivity index (χ1n) is 6.98. The maximum Gasteiger partial charge on any atom is 0.246 e. The molecule has 22 heavy (non-hydrogen) atoms. The molecule has 0 N–H and O–H groups in total. The zero-order chi connectivity index (χ0) is 15.5. The first-order chi connectivity index (χ1) is 10.7. The maximum absolute atomic E-state index is 13.4. The van der Waals surface area contributed by atoms with Gasteiger partial charge in [0.15, 0.2) is 5.82 Å². The Balaban J connectivity index is 1.81. The highest BCUT2D eigenvalue weighted by Crippen LogP contribution is 2.25. The number of nitrogens with zero attached hydrogens (tertiary/aromatic N) is 4. The summed E-state index contributed by atoms with van der Waals surface area (Å²) in [6.45, 7) is 4.10. The van der Waals surface area contributed by atoms with Gasteiger partial charge in [-0.15, -0.1) is 0 Å². The van der Waals surface area contributed by atoms with Gasteiger partial charge in [-0.3, -0.25) is 4.90 Å². The molecule has 1 aliphatic rings. The SMILES string of the molecule is Cc1noc([C@H]2COCCN2Cc2ccc(F)c(C#N)c2)n1. The van der Waals surface area contributed by atoms with Crippen molar-refractivity contribution in [2.75, 3.05) is 19.8 Å². The largest absolute Gasteiger partial charge is 0.378 e. The summed E-state index contributed by atoms with van der Waals surface area (Å²) >= 11 is 0. The van der Waals surface area contributed by atoms with Crippen molar-refractivity contribution in [2.45, 2.75) is 19.5 Å². The number of ether oxygens (including phenoxy) is 1. The Morgan fingerprint density at radius 3 is 3.09 bits per heavy atom. The Kier molecular flexibility index (Phi) is 4.13. The molecular weight excluding hydrogens is 287 g/mol. The van der Waals surface area contributed by atoms with Crippen molar-refractivity contribution in [3.63, 3.8) is 0 Å². The fourth-order valence-corrected chi connectivity index (χ4v) is 2.49. The van der Waals surface area contributed by atoms with Gasteiger partial charge >= 0.3 is 0 Å². The molecule has 1 aromatic carbocycles. The summed E-state index contributed by atoms with van der Waals surface area (Å²) in [4.78, 5) is 6.39. The van der Waals surface area contributed by atoms with Gasteiger partial charge in [-0.25, -0.2) is 4.39 Å². The lowest BCUT2D eigenvalue weighted by atomic mass is 10.1. The molecule has 7 heteroatoms. The lowest BCUT2D eigenvalue weighted by molar-refractivity contribution is -0.0241. The van der Waals surface area contributed by atoms with E-state index in [0.29, 0.717) is 38.0 Å². The van der Waals surface area contributed by atoms with E-state index >= 15 is 0 Å². The number of rotatable bonds is 3. The Bertz CT molecular complexity index is 710. The van der Waals surface area contributed by atoms with Crippen LogP contribution in [-0.2, 0) is 11.3 Å². The van der Waals surface area contributed by atoms with E-state index in [1.807, 2.05) is 6.07 Å². The number of benzene rings is 1. The van der Waals surface area contributed by atoms with Crippen LogP contribution in [0, 0.1) is 24.1 Å². The molecule has 0 amide bonds. The summed E-state index contributed by atoms with van der Waals surface area (Å²) in [6.07, 6.45) is 0. The van der Waals surface area contributed by atoms with Crippen LogP contribution in [0.3, 0.4) is 0 Å². The van der Waals surface area contributed by atoms with Crippen LogP contribution in [0.4, 0.5) is 4.39 Å². The molecule has 1 atom stereocenters. The second-order valence-corrected chi connectivity index (χ2v) is 5.17. The summed E-state index contributed by atoms with van der Waals surface area (Å²) < 4.78 is 24.1. The molecule has 0 bridgehead atoms. The van der Waals surface area contributed by atoms with Crippen molar-refractivity contribution in [1.82, 2.24) is 15.0 Å². The van der Waals surface area contributed by atoms with Gasteiger partial charge in [-0.05, 0) is 24.6 Å². The summed E-state index contributed by atoms with van der Waals surface area (Å²) in [6, 6.07) is 6.30. The lowest BCUT2D eigenvalue weighted by Gasteiger charge is -2.33. The molecule has 0 aliphatic carbocycles. The number of nitriles is 1. The molecule has 0 radical (unpaired) electrons. The number of aryl methyl sites for hydroxylation is 1. The standard InChI is InChI=1S/C15H15FN4O2/c1-10-18-15(22-19-10)14-9-21-5-4-20(14)8-11-2-3-13(16)12(6-11)7-17/h2-3,6,14H,4-5,8-9H2,1H3/t14-/m1/s1. The predicted octanol–water partition coefficient (Wildman–Crippen LogP) is 1.96. The van der Waals surface area contributed by atoms with E-state index in [1.165, 1.54) is 6.07 Å². The summed E-state index contributed by atoms with van der Waals surface area (Å²) in [5, 5.41) is 12.7. The molecule has 2 heterocycles. The van der Waals surface area contributed by atoms with Gasteiger partial charge in [0.1, 0.15) is 17.9 Å². The average Bonchev–Trinajstić information content (AvgIpc) is 2.96. The fourth-order valence-electron chi connectivity index (χ4n) is 2.49. The predicted molar refractivity (Wildman–Crippen MR) is 74.1 cm³/mol. The van der Waals surface area contributed by atoms with Crippen LogP contribution >= 0.6 is 0 Å². The van der Waals surface area contributed by atoms with E-state index in [4.69, 9.17) is 14.5 Å². The van der Waals surface area contributed by atoms with Crippen molar-refractivity contribution < 1.29 is 13.7 Å². The summed E-state index contributed by atoms with van der Waals surface area (Å²) in [5.41, 5.74) is 0.914. The van der Waals surface area contributed by atoms with Gasteiger partial charge in [-0.1, -0.05) is 11.2 Å². The van der Waals surface area contributed by atoms with Crippen LogP contribution < -0.4 is 0 Å². The second kappa shape index (κ2) is 6.22. The summed E-state index contributed by atoms with van der Waals surface area (Å²) in [7, 11) is 0. The van der Waals surface area contributed by atoms with Crippen LogP contribution in [0.5, 0.6) is 0 Å². The molecule has 0 unspecified atom stereocenters. The zero-order valence-corrected chi connectivity index (χ0v) is 12.1. The van der Waals surface area contributed by atoms with Crippen molar-refractivity contribution in [3.05, 3.63) is 46.9 Å². The van der Waals surface area contributed by atoms with E-state index in [1.54, 1.807) is 19.1 Å². The molecule has 1 saturated heterocycles. The quantitative estimate of drug-likeness (QED) is 0.863. The monoisotopic (exact) mass is 302 g/mol. The molecule has 114 valence electrons. The molecule has 2 aromatic rings. The van der Waals surface area contributed by atoms with Crippen LogP contribution in [0.2, 0.25) is 0 Å². The number of halogens is 1. The van der Waals surface area contributed by atoms with E-state index in [2.05, 4.69) is 15.0 Å². The third kappa shape index (κ3) is 2.98. The second-order valence-electron chi connectivity index (χ2n) is 5.17. The number of hydrogen-bond donors (Lipinski definition) is 0. The van der Waals surface area contributed by atoms with Crippen molar-refractivity contribution in [3.8, 4) is 6.07 Å². The molecule has 3 rings (SSSR count). The zero-order valence-electron chi connectivity index (χ0n) is 12.1. The van der Waals surface area contributed by atoms with E-state index in [9.17, 15) is 4.39 Å². The molecule has 1 aliphatic heterocycles. The highest BCUT2D eigenvalue weighted by atomic mass is 19.1. The molecule has 0 spiro atoms.